The highest BCUT2D eigenvalue weighted by Crippen LogP contribution is 2.31. The van der Waals surface area contributed by atoms with Gasteiger partial charge in [0.15, 0.2) is 11.0 Å². The van der Waals surface area contributed by atoms with Crippen LogP contribution in [0.2, 0.25) is 0 Å². The molecular formula is C21H24N4O4S. The van der Waals surface area contributed by atoms with E-state index in [1.807, 2.05) is 42.8 Å². The fourth-order valence-corrected chi connectivity index (χ4v) is 3.55. The first-order valence-electron chi connectivity index (χ1n) is 9.33. The van der Waals surface area contributed by atoms with Crippen molar-refractivity contribution in [2.24, 2.45) is 7.05 Å². The summed E-state index contributed by atoms with van der Waals surface area (Å²) in [6.45, 7) is 2.50. The Morgan fingerprint density at radius 3 is 2.63 bits per heavy atom. The summed E-state index contributed by atoms with van der Waals surface area (Å²) in [5.74, 6) is 2.59. The number of rotatable bonds is 9. The van der Waals surface area contributed by atoms with Crippen molar-refractivity contribution in [2.45, 2.75) is 12.1 Å². The van der Waals surface area contributed by atoms with Crippen molar-refractivity contribution in [3.63, 3.8) is 0 Å². The number of nitrogens with one attached hydrogen (secondary N) is 1. The molecule has 0 bridgehead atoms. The van der Waals surface area contributed by atoms with E-state index >= 15 is 0 Å². The van der Waals surface area contributed by atoms with Crippen LogP contribution in [-0.4, -0.2) is 47.3 Å². The van der Waals surface area contributed by atoms with E-state index in [2.05, 4.69) is 15.5 Å². The molecule has 1 heterocycles. The molecule has 0 aliphatic heterocycles. The number of para-hydroxylation sites is 1. The van der Waals surface area contributed by atoms with Crippen LogP contribution in [0, 0.1) is 0 Å². The maximum absolute atomic E-state index is 12.5. The molecule has 8 nitrogen and oxygen atoms in total. The Morgan fingerprint density at radius 1 is 1.10 bits per heavy atom. The van der Waals surface area contributed by atoms with Crippen molar-refractivity contribution < 1.29 is 19.0 Å². The summed E-state index contributed by atoms with van der Waals surface area (Å²) < 4.78 is 18.0. The zero-order chi connectivity index (χ0) is 21.5. The minimum absolute atomic E-state index is 0.166. The van der Waals surface area contributed by atoms with Crippen LogP contribution in [0.25, 0.3) is 11.4 Å². The minimum atomic E-state index is -0.189. The number of hydrogen-bond donors (Lipinski definition) is 1. The van der Waals surface area contributed by atoms with Gasteiger partial charge in [-0.2, -0.15) is 0 Å². The van der Waals surface area contributed by atoms with Crippen LogP contribution in [0.1, 0.15) is 6.92 Å². The summed E-state index contributed by atoms with van der Waals surface area (Å²) in [5.41, 5.74) is 1.40. The van der Waals surface area contributed by atoms with Gasteiger partial charge in [0.25, 0.3) is 0 Å². The van der Waals surface area contributed by atoms with Gasteiger partial charge in [-0.3, -0.25) is 4.79 Å². The smallest absolute Gasteiger partial charge is 0.234 e. The Kier molecular flexibility index (Phi) is 7.18. The third-order valence-electron chi connectivity index (χ3n) is 4.28. The van der Waals surface area contributed by atoms with E-state index in [9.17, 15) is 4.79 Å². The molecule has 0 fully saturated rings. The molecule has 0 spiro atoms. The van der Waals surface area contributed by atoms with Gasteiger partial charge in [-0.1, -0.05) is 23.9 Å². The van der Waals surface area contributed by atoms with Crippen molar-refractivity contribution in [1.82, 2.24) is 14.8 Å². The van der Waals surface area contributed by atoms with Crippen molar-refractivity contribution >= 4 is 23.4 Å². The van der Waals surface area contributed by atoms with Crippen LogP contribution in [0.15, 0.2) is 47.6 Å². The average Bonchev–Trinajstić information content (AvgIpc) is 3.13. The van der Waals surface area contributed by atoms with E-state index in [-0.39, 0.29) is 11.7 Å². The number of ether oxygens (including phenoxy) is 3. The van der Waals surface area contributed by atoms with Crippen molar-refractivity contribution in [3.05, 3.63) is 42.5 Å². The molecule has 1 amide bonds. The molecule has 0 unspecified atom stereocenters. The van der Waals surface area contributed by atoms with Crippen molar-refractivity contribution in [2.75, 3.05) is 31.9 Å². The highest BCUT2D eigenvalue weighted by atomic mass is 32.2. The summed E-state index contributed by atoms with van der Waals surface area (Å²) in [5, 5.41) is 12.0. The van der Waals surface area contributed by atoms with E-state index in [0.29, 0.717) is 34.8 Å². The van der Waals surface area contributed by atoms with Gasteiger partial charge >= 0.3 is 0 Å². The molecular weight excluding hydrogens is 404 g/mol. The number of carbonyl (C=O) groups excluding carboxylic acids is 1. The molecule has 30 heavy (non-hydrogen) atoms. The molecule has 0 aliphatic rings. The Balaban J connectivity index is 1.70. The van der Waals surface area contributed by atoms with Gasteiger partial charge < -0.3 is 24.1 Å². The maximum atomic E-state index is 12.5. The van der Waals surface area contributed by atoms with Gasteiger partial charge in [0.1, 0.15) is 17.2 Å². The zero-order valence-corrected chi connectivity index (χ0v) is 18.2. The molecule has 9 heteroatoms. The van der Waals surface area contributed by atoms with E-state index in [1.54, 1.807) is 32.4 Å². The Morgan fingerprint density at radius 2 is 1.90 bits per heavy atom. The molecule has 3 aromatic rings. The topological polar surface area (TPSA) is 87.5 Å². The van der Waals surface area contributed by atoms with Gasteiger partial charge in [-0.15, -0.1) is 10.2 Å². The number of carbonyl (C=O) groups is 1. The predicted octanol–water partition coefficient (Wildman–Crippen LogP) is 3.63. The second-order valence-electron chi connectivity index (χ2n) is 6.20. The van der Waals surface area contributed by atoms with Crippen LogP contribution < -0.4 is 19.5 Å². The lowest BCUT2D eigenvalue weighted by Crippen LogP contribution is -2.15. The average molecular weight is 429 g/mol. The van der Waals surface area contributed by atoms with Crippen LogP contribution in [-0.2, 0) is 11.8 Å². The highest BCUT2D eigenvalue weighted by Gasteiger charge is 2.17. The third-order valence-corrected chi connectivity index (χ3v) is 5.30. The van der Waals surface area contributed by atoms with Gasteiger partial charge in [0, 0.05) is 13.1 Å². The molecule has 1 aromatic heterocycles. The lowest BCUT2D eigenvalue weighted by Gasteiger charge is -2.12. The minimum Gasteiger partial charge on any atom is -0.497 e. The number of nitrogens with zero attached hydrogens (tertiary/aromatic N) is 3. The number of aromatic nitrogens is 3. The number of thioether (sulfide) groups is 1. The van der Waals surface area contributed by atoms with Gasteiger partial charge in [-0.25, -0.2) is 0 Å². The summed E-state index contributed by atoms with van der Waals surface area (Å²) in [4.78, 5) is 12.5. The largest absolute Gasteiger partial charge is 0.497 e. The molecule has 2 aromatic carbocycles. The molecule has 0 saturated heterocycles. The van der Waals surface area contributed by atoms with Crippen LogP contribution >= 0.6 is 11.8 Å². The SMILES string of the molecule is CCOc1ccccc1-c1nnc(SCC(=O)Nc2cc(OC)ccc2OC)n1C. The number of hydrogen-bond acceptors (Lipinski definition) is 7. The monoisotopic (exact) mass is 428 g/mol. The first kappa shape index (κ1) is 21.5. The molecule has 3 rings (SSSR count). The normalized spacial score (nSPS) is 10.5. The van der Waals surface area contributed by atoms with Crippen molar-refractivity contribution in [3.8, 4) is 28.6 Å². The molecule has 0 aliphatic carbocycles. The standard InChI is InChI=1S/C21H24N4O4S/c1-5-29-17-9-7-6-8-15(17)20-23-24-21(25(20)2)30-13-19(26)22-16-12-14(27-3)10-11-18(16)28-4/h6-12H,5,13H2,1-4H3,(H,22,26). The number of amides is 1. The second kappa shape index (κ2) is 10.0. The van der Waals surface area contributed by atoms with E-state index in [1.165, 1.54) is 11.8 Å². The van der Waals surface area contributed by atoms with Crippen LogP contribution in [0.3, 0.4) is 0 Å². The van der Waals surface area contributed by atoms with Gasteiger partial charge in [-0.05, 0) is 31.2 Å². The molecule has 0 radical (unpaired) electrons. The van der Waals surface area contributed by atoms with Gasteiger partial charge in [0.05, 0.1) is 37.8 Å². The molecule has 158 valence electrons. The summed E-state index contributed by atoms with van der Waals surface area (Å²) in [6, 6.07) is 12.9. The Hall–Kier alpha value is -3.20. The predicted molar refractivity (Wildman–Crippen MR) is 117 cm³/mol. The molecule has 0 atom stereocenters. The lowest BCUT2D eigenvalue weighted by molar-refractivity contribution is -0.113. The van der Waals surface area contributed by atoms with Gasteiger partial charge in [0.2, 0.25) is 5.91 Å². The van der Waals surface area contributed by atoms with E-state index in [0.717, 1.165) is 11.3 Å². The van der Waals surface area contributed by atoms with E-state index in [4.69, 9.17) is 14.2 Å². The summed E-state index contributed by atoms with van der Waals surface area (Å²) in [6.07, 6.45) is 0. The molecule has 0 saturated carbocycles. The first-order valence-corrected chi connectivity index (χ1v) is 10.3. The lowest BCUT2D eigenvalue weighted by atomic mass is 10.2. The first-order chi connectivity index (χ1) is 14.6. The van der Waals surface area contributed by atoms with Crippen LogP contribution in [0.5, 0.6) is 17.2 Å². The van der Waals surface area contributed by atoms with E-state index < -0.39 is 0 Å². The fraction of sp³-hybridized carbons (Fsp3) is 0.286. The Labute approximate surface area is 179 Å². The number of anilines is 1. The fourth-order valence-electron chi connectivity index (χ4n) is 2.84. The van der Waals surface area contributed by atoms with Crippen LogP contribution in [0.4, 0.5) is 5.69 Å². The second-order valence-corrected chi connectivity index (χ2v) is 7.14. The maximum Gasteiger partial charge on any atom is 0.234 e. The number of methoxy groups -OCH3 is 2. The summed E-state index contributed by atoms with van der Waals surface area (Å²) in [7, 11) is 4.98. The van der Waals surface area contributed by atoms with Crippen molar-refractivity contribution in [1.29, 1.82) is 0 Å². The zero-order valence-electron chi connectivity index (χ0n) is 17.3. The third kappa shape index (κ3) is 4.85. The summed E-state index contributed by atoms with van der Waals surface area (Å²) >= 11 is 1.30. The molecule has 1 N–H and O–H groups in total. The quantitative estimate of drug-likeness (QED) is 0.521. The number of benzene rings is 2. The Bertz CT molecular complexity index is 1020. The highest BCUT2D eigenvalue weighted by molar-refractivity contribution is 7.99.